The summed E-state index contributed by atoms with van der Waals surface area (Å²) in [4.78, 5) is 6.42. The second-order valence-corrected chi connectivity index (χ2v) is 11.0. The predicted octanol–water partition coefficient (Wildman–Crippen LogP) is 3.53. The third-order valence-corrected chi connectivity index (χ3v) is 7.14. The topological polar surface area (TPSA) is 121 Å². The van der Waals surface area contributed by atoms with Gasteiger partial charge in [-0.1, -0.05) is 23.4 Å². The minimum absolute atomic E-state index is 0.0470. The Balaban J connectivity index is 1.58. The second kappa shape index (κ2) is 10.2. The van der Waals surface area contributed by atoms with Crippen molar-refractivity contribution in [3.8, 4) is 34.7 Å². The van der Waals surface area contributed by atoms with E-state index in [1.54, 1.807) is 18.2 Å². The Morgan fingerprint density at radius 1 is 1.29 bits per heavy atom. The Morgan fingerprint density at radius 3 is 2.80 bits per heavy atom. The van der Waals surface area contributed by atoms with Crippen molar-refractivity contribution >= 4 is 10.0 Å². The molecule has 1 heterocycles. The van der Waals surface area contributed by atoms with Crippen molar-refractivity contribution in [1.29, 1.82) is 5.26 Å². The van der Waals surface area contributed by atoms with E-state index in [1.165, 1.54) is 0 Å². The number of aromatic nitrogens is 2. The number of ether oxygens (including phenoxy) is 1. The summed E-state index contributed by atoms with van der Waals surface area (Å²) in [5.41, 5.74) is 3.77. The maximum Gasteiger partial charge on any atom is 0.258 e. The minimum Gasteiger partial charge on any atom is -0.490 e. The molecule has 9 nitrogen and oxygen atoms in total. The number of hydrogen-bond acceptors (Lipinski definition) is 8. The lowest BCUT2D eigenvalue weighted by atomic mass is 10.0. The number of sulfonamides is 1. The molecule has 0 bridgehead atoms. The number of rotatable bonds is 9. The molecule has 1 aromatic heterocycles. The lowest BCUT2D eigenvalue weighted by Crippen LogP contribution is -2.33. The molecule has 0 fully saturated rings. The molecule has 10 heteroatoms. The maximum absolute atomic E-state index is 12.5. The van der Waals surface area contributed by atoms with Gasteiger partial charge >= 0.3 is 0 Å². The van der Waals surface area contributed by atoms with Gasteiger partial charge in [-0.15, -0.1) is 0 Å². The van der Waals surface area contributed by atoms with E-state index < -0.39 is 10.0 Å². The van der Waals surface area contributed by atoms with Crippen LogP contribution in [0.25, 0.3) is 22.8 Å². The number of benzene rings is 2. The van der Waals surface area contributed by atoms with Crippen LogP contribution < -0.4 is 9.46 Å². The van der Waals surface area contributed by atoms with E-state index in [0.29, 0.717) is 48.0 Å². The zero-order valence-corrected chi connectivity index (χ0v) is 21.1. The smallest absolute Gasteiger partial charge is 0.258 e. The monoisotopic (exact) mass is 495 g/mol. The van der Waals surface area contributed by atoms with Crippen LogP contribution in [0.5, 0.6) is 5.75 Å². The van der Waals surface area contributed by atoms with Gasteiger partial charge in [-0.3, -0.25) is 0 Å². The first kappa shape index (κ1) is 24.9. The Kier molecular flexibility index (Phi) is 7.21. The molecule has 0 saturated carbocycles. The molecule has 1 unspecified atom stereocenters. The molecule has 35 heavy (non-hydrogen) atoms. The first-order chi connectivity index (χ1) is 16.7. The van der Waals surface area contributed by atoms with Gasteiger partial charge in [0.25, 0.3) is 5.89 Å². The molecule has 1 N–H and O–H groups in total. The molecule has 4 rings (SSSR count). The number of nitrogens with zero attached hydrogens (tertiary/aromatic N) is 4. The Hall–Kier alpha value is -3.26. The number of nitrogens with one attached hydrogen (secondary N) is 1. The quantitative estimate of drug-likeness (QED) is 0.478. The summed E-state index contributed by atoms with van der Waals surface area (Å²) < 4.78 is 39.1. The van der Waals surface area contributed by atoms with Crippen LogP contribution >= 0.6 is 0 Å². The molecule has 2 aromatic carbocycles. The highest BCUT2D eigenvalue weighted by molar-refractivity contribution is 7.89. The van der Waals surface area contributed by atoms with Crippen molar-refractivity contribution < 1.29 is 17.7 Å². The largest absolute Gasteiger partial charge is 0.490 e. The molecule has 3 aromatic rings. The summed E-state index contributed by atoms with van der Waals surface area (Å²) in [6.07, 6.45) is 1.32. The van der Waals surface area contributed by atoms with E-state index in [0.717, 1.165) is 16.7 Å². The van der Waals surface area contributed by atoms with E-state index in [-0.39, 0.29) is 17.9 Å². The Morgan fingerprint density at radius 2 is 2.09 bits per heavy atom. The highest BCUT2D eigenvalue weighted by Crippen LogP contribution is 2.38. The summed E-state index contributed by atoms with van der Waals surface area (Å²) in [6.45, 7) is 4.26. The van der Waals surface area contributed by atoms with Gasteiger partial charge in [-0.05, 0) is 70.1 Å². The van der Waals surface area contributed by atoms with E-state index >= 15 is 0 Å². The van der Waals surface area contributed by atoms with Crippen molar-refractivity contribution in [1.82, 2.24) is 19.8 Å². The summed E-state index contributed by atoms with van der Waals surface area (Å²) in [5, 5.41) is 13.7. The first-order valence-electron chi connectivity index (χ1n) is 11.5. The van der Waals surface area contributed by atoms with Crippen LogP contribution in [0.3, 0.4) is 0 Å². The van der Waals surface area contributed by atoms with Gasteiger partial charge in [0.2, 0.25) is 15.8 Å². The Labute approximate surface area is 205 Å². The van der Waals surface area contributed by atoms with Crippen molar-refractivity contribution in [2.45, 2.75) is 38.8 Å². The first-order valence-corrected chi connectivity index (χ1v) is 13.1. The van der Waals surface area contributed by atoms with Crippen LogP contribution in [0.2, 0.25) is 0 Å². The fraction of sp³-hybridized carbons (Fsp3) is 0.400. The zero-order chi connectivity index (χ0) is 25.2. The van der Waals surface area contributed by atoms with Crippen molar-refractivity contribution in [3.63, 3.8) is 0 Å². The average molecular weight is 496 g/mol. The van der Waals surface area contributed by atoms with E-state index in [4.69, 9.17) is 9.26 Å². The van der Waals surface area contributed by atoms with E-state index in [1.807, 2.05) is 51.0 Å². The third-order valence-electron chi connectivity index (χ3n) is 5.78. The standard InChI is InChI=1S/C25H29N5O4S/c1-16(2)33-23-11-8-17(14-18(23)15-26)25-27-24(28-34-25)21-7-5-6-20-19(21)9-10-22(20)29-35(31,32)13-12-30(3)4/h5-8,11,14,16,22,29H,9-10,12-13H2,1-4H3. The lowest BCUT2D eigenvalue weighted by molar-refractivity contribution is 0.241. The third kappa shape index (κ3) is 5.70. The normalized spacial score (nSPS) is 15.4. The summed E-state index contributed by atoms with van der Waals surface area (Å²) in [5.74, 6) is 1.27. The molecule has 0 spiro atoms. The maximum atomic E-state index is 12.5. The SMILES string of the molecule is CC(C)Oc1ccc(-c2nc(-c3cccc4c3CCC4NS(=O)(=O)CCN(C)C)no2)cc1C#N. The van der Waals surface area contributed by atoms with Crippen LogP contribution in [-0.4, -0.2) is 56.0 Å². The van der Waals surface area contributed by atoms with Crippen LogP contribution in [-0.2, 0) is 16.4 Å². The molecule has 1 aliphatic carbocycles. The predicted molar refractivity (Wildman–Crippen MR) is 132 cm³/mol. The molecule has 184 valence electrons. The van der Waals surface area contributed by atoms with Gasteiger partial charge in [-0.2, -0.15) is 10.2 Å². The molecular formula is C25H29N5O4S. The number of nitriles is 1. The van der Waals surface area contributed by atoms with E-state index in [9.17, 15) is 13.7 Å². The van der Waals surface area contributed by atoms with Gasteiger partial charge in [-0.25, -0.2) is 13.1 Å². The molecule has 1 aliphatic rings. The number of hydrogen-bond donors (Lipinski definition) is 1. The van der Waals surface area contributed by atoms with Crippen LogP contribution in [0.4, 0.5) is 0 Å². The Bertz CT molecular complexity index is 1360. The van der Waals surface area contributed by atoms with Crippen molar-refractivity contribution in [2.24, 2.45) is 0 Å². The van der Waals surface area contributed by atoms with E-state index in [2.05, 4.69) is 20.9 Å². The van der Waals surface area contributed by atoms with Crippen molar-refractivity contribution in [2.75, 3.05) is 26.4 Å². The van der Waals surface area contributed by atoms with Crippen molar-refractivity contribution in [3.05, 3.63) is 53.1 Å². The second-order valence-electron chi connectivity index (χ2n) is 9.12. The summed E-state index contributed by atoms with van der Waals surface area (Å²) in [7, 11) is 0.288. The molecular weight excluding hydrogens is 466 g/mol. The molecule has 1 atom stereocenters. The highest BCUT2D eigenvalue weighted by Gasteiger charge is 2.29. The molecule has 0 radical (unpaired) electrons. The lowest BCUT2D eigenvalue weighted by Gasteiger charge is -2.16. The number of fused-ring (bicyclic) bond motifs is 1. The molecule has 0 saturated heterocycles. The van der Waals surface area contributed by atoms with Gasteiger partial charge in [0.05, 0.1) is 17.4 Å². The average Bonchev–Trinajstić information content (AvgIpc) is 3.45. The fourth-order valence-corrected chi connectivity index (χ4v) is 5.52. The fourth-order valence-electron chi connectivity index (χ4n) is 4.12. The van der Waals surface area contributed by atoms with Crippen LogP contribution in [0.1, 0.15) is 43.0 Å². The molecule has 0 amide bonds. The van der Waals surface area contributed by atoms with Crippen LogP contribution in [0, 0.1) is 11.3 Å². The zero-order valence-electron chi connectivity index (χ0n) is 20.3. The van der Waals surface area contributed by atoms with Gasteiger partial charge in [0.1, 0.15) is 11.8 Å². The summed E-state index contributed by atoms with van der Waals surface area (Å²) in [6, 6.07) is 12.8. The summed E-state index contributed by atoms with van der Waals surface area (Å²) >= 11 is 0. The van der Waals surface area contributed by atoms with Crippen LogP contribution in [0.15, 0.2) is 40.9 Å². The minimum atomic E-state index is -3.41. The van der Waals surface area contributed by atoms with Gasteiger partial charge in [0, 0.05) is 23.7 Å². The van der Waals surface area contributed by atoms with Gasteiger partial charge in [0.15, 0.2) is 0 Å². The highest BCUT2D eigenvalue weighted by atomic mass is 32.2. The molecule has 0 aliphatic heterocycles. The van der Waals surface area contributed by atoms with Gasteiger partial charge < -0.3 is 14.2 Å².